The van der Waals surface area contributed by atoms with Gasteiger partial charge in [0.05, 0.1) is 4.90 Å². The lowest BCUT2D eigenvalue weighted by atomic mass is 10.0. The predicted molar refractivity (Wildman–Crippen MR) is 120 cm³/mol. The van der Waals surface area contributed by atoms with Gasteiger partial charge in [-0.3, -0.25) is 0 Å². The third kappa shape index (κ3) is 5.95. The van der Waals surface area contributed by atoms with Gasteiger partial charge in [0.15, 0.2) is 0 Å². The van der Waals surface area contributed by atoms with Crippen molar-refractivity contribution in [3.05, 3.63) is 24.3 Å². The molecule has 1 aliphatic carbocycles. The van der Waals surface area contributed by atoms with Gasteiger partial charge in [-0.25, -0.2) is 13.2 Å². The zero-order chi connectivity index (χ0) is 21.7. The third-order valence-electron chi connectivity index (χ3n) is 6.43. The van der Waals surface area contributed by atoms with Gasteiger partial charge in [0.1, 0.15) is 0 Å². The molecular formula is C22H36N4O3S. The molecule has 2 aliphatic rings. The van der Waals surface area contributed by atoms with Crippen LogP contribution in [0, 0.1) is 5.92 Å². The van der Waals surface area contributed by atoms with Crippen LogP contribution in [0.5, 0.6) is 0 Å². The van der Waals surface area contributed by atoms with Gasteiger partial charge in [-0.1, -0.05) is 12.8 Å². The summed E-state index contributed by atoms with van der Waals surface area (Å²) in [7, 11) is -1.95. The van der Waals surface area contributed by atoms with Crippen molar-refractivity contribution >= 4 is 21.7 Å². The second-order valence-corrected chi connectivity index (χ2v) is 11.0. The number of piperidine rings is 1. The van der Waals surface area contributed by atoms with Crippen LogP contribution < -0.4 is 10.6 Å². The Hall–Kier alpha value is -1.64. The molecule has 1 saturated heterocycles. The van der Waals surface area contributed by atoms with E-state index in [1.165, 1.54) is 48.7 Å². The van der Waals surface area contributed by atoms with Crippen LogP contribution in [0.2, 0.25) is 0 Å². The Labute approximate surface area is 181 Å². The highest BCUT2D eigenvalue weighted by atomic mass is 32.2. The molecule has 1 aliphatic heterocycles. The number of urea groups is 1. The molecule has 2 amide bonds. The van der Waals surface area contributed by atoms with E-state index in [1.807, 2.05) is 13.8 Å². The molecule has 30 heavy (non-hydrogen) atoms. The monoisotopic (exact) mass is 436 g/mol. The number of nitrogens with one attached hydrogen (secondary N) is 2. The standard InChI is InChI=1S/C22H36N4O3S/c1-17(2)25(3)30(28,29)21-10-8-19(9-11-21)23-22(27)24-20-12-14-26(15-13-20)16-18-6-4-5-7-18/h8-11,17-18,20H,4-7,12-16H2,1-3H3,(H2,23,24,27). The molecule has 1 aromatic carbocycles. The number of sulfonamides is 1. The van der Waals surface area contributed by atoms with Crippen LogP contribution in [-0.4, -0.2) is 62.4 Å². The quantitative estimate of drug-likeness (QED) is 0.685. The van der Waals surface area contributed by atoms with Gasteiger partial charge in [0.25, 0.3) is 0 Å². The molecule has 0 aromatic heterocycles. The molecule has 0 bridgehead atoms. The summed E-state index contributed by atoms with van der Waals surface area (Å²) in [5.41, 5.74) is 0.581. The molecule has 0 unspecified atom stereocenters. The van der Waals surface area contributed by atoms with E-state index in [2.05, 4.69) is 15.5 Å². The minimum absolute atomic E-state index is 0.122. The fraction of sp³-hybridized carbons (Fsp3) is 0.682. The van der Waals surface area contributed by atoms with Crippen LogP contribution in [0.4, 0.5) is 10.5 Å². The summed E-state index contributed by atoms with van der Waals surface area (Å²) in [6, 6.07) is 6.15. The highest BCUT2D eigenvalue weighted by molar-refractivity contribution is 7.89. The normalized spacial score (nSPS) is 19.5. The Morgan fingerprint density at radius 3 is 2.27 bits per heavy atom. The third-order valence-corrected chi connectivity index (χ3v) is 8.48. The molecular weight excluding hydrogens is 400 g/mol. The first-order chi connectivity index (χ1) is 14.3. The number of carbonyl (C=O) groups excluding carboxylic acids is 1. The summed E-state index contributed by atoms with van der Waals surface area (Å²) in [6.07, 6.45) is 7.44. The van der Waals surface area contributed by atoms with E-state index < -0.39 is 10.0 Å². The highest BCUT2D eigenvalue weighted by Crippen LogP contribution is 2.26. The number of likely N-dealkylation sites (tertiary alicyclic amines) is 1. The van der Waals surface area contributed by atoms with Gasteiger partial charge < -0.3 is 15.5 Å². The molecule has 8 heteroatoms. The summed E-state index contributed by atoms with van der Waals surface area (Å²) in [4.78, 5) is 15.1. The van der Waals surface area contributed by atoms with E-state index in [0.717, 1.165) is 31.8 Å². The van der Waals surface area contributed by atoms with Gasteiger partial charge >= 0.3 is 6.03 Å². The van der Waals surface area contributed by atoms with E-state index in [4.69, 9.17) is 0 Å². The van der Waals surface area contributed by atoms with Crippen molar-refractivity contribution in [1.82, 2.24) is 14.5 Å². The molecule has 2 N–H and O–H groups in total. The Morgan fingerprint density at radius 1 is 1.10 bits per heavy atom. The lowest BCUT2D eigenvalue weighted by Crippen LogP contribution is -2.46. The number of hydrogen-bond acceptors (Lipinski definition) is 4. The van der Waals surface area contributed by atoms with E-state index >= 15 is 0 Å². The zero-order valence-electron chi connectivity index (χ0n) is 18.4. The van der Waals surface area contributed by atoms with E-state index in [9.17, 15) is 13.2 Å². The summed E-state index contributed by atoms with van der Waals surface area (Å²) in [5, 5.41) is 5.87. The minimum atomic E-state index is -3.52. The maximum Gasteiger partial charge on any atom is 0.319 e. The molecule has 1 heterocycles. The highest BCUT2D eigenvalue weighted by Gasteiger charge is 2.25. The fourth-order valence-electron chi connectivity index (χ4n) is 4.32. The van der Waals surface area contributed by atoms with Crippen molar-refractivity contribution in [2.24, 2.45) is 5.92 Å². The number of hydrogen-bond donors (Lipinski definition) is 2. The van der Waals surface area contributed by atoms with Gasteiger partial charge in [0.2, 0.25) is 10.0 Å². The van der Waals surface area contributed by atoms with Crippen LogP contribution in [0.25, 0.3) is 0 Å². The molecule has 0 radical (unpaired) electrons. The molecule has 0 spiro atoms. The largest absolute Gasteiger partial charge is 0.335 e. The van der Waals surface area contributed by atoms with Crippen LogP contribution in [-0.2, 0) is 10.0 Å². The van der Waals surface area contributed by atoms with E-state index in [-0.39, 0.29) is 23.0 Å². The summed E-state index contributed by atoms with van der Waals surface area (Å²) in [5.74, 6) is 0.866. The van der Waals surface area contributed by atoms with Crippen LogP contribution >= 0.6 is 0 Å². The Morgan fingerprint density at radius 2 is 1.70 bits per heavy atom. The first-order valence-electron chi connectivity index (χ1n) is 11.1. The van der Waals surface area contributed by atoms with Crippen molar-refractivity contribution in [3.8, 4) is 0 Å². The lowest BCUT2D eigenvalue weighted by molar-refractivity contribution is 0.173. The van der Waals surface area contributed by atoms with Crippen molar-refractivity contribution in [2.75, 3.05) is 32.0 Å². The second kappa shape index (κ2) is 10.1. The van der Waals surface area contributed by atoms with E-state index in [1.54, 1.807) is 19.2 Å². The average Bonchev–Trinajstić information content (AvgIpc) is 3.22. The maximum absolute atomic E-state index is 12.5. The number of nitrogens with zero attached hydrogens (tertiary/aromatic N) is 2. The smallest absolute Gasteiger partial charge is 0.319 e. The molecule has 7 nitrogen and oxygen atoms in total. The average molecular weight is 437 g/mol. The molecule has 2 fully saturated rings. The van der Waals surface area contributed by atoms with Crippen molar-refractivity contribution in [3.63, 3.8) is 0 Å². The second-order valence-electron chi connectivity index (χ2n) is 8.96. The first kappa shape index (κ1) is 23.0. The van der Waals surface area contributed by atoms with Crippen molar-refractivity contribution in [2.45, 2.75) is 69.4 Å². The van der Waals surface area contributed by atoms with Crippen molar-refractivity contribution < 1.29 is 13.2 Å². The van der Waals surface area contributed by atoms with Gasteiger partial charge in [-0.15, -0.1) is 0 Å². The van der Waals surface area contributed by atoms with Crippen molar-refractivity contribution in [1.29, 1.82) is 0 Å². The zero-order valence-corrected chi connectivity index (χ0v) is 19.2. The van der Waals surface area contributed by atoms with Gasteiger partial charge in [-0.2, -0.15) is 4.31 Å². The summed E-state index contributed by atoms with van der Waals surface area (Å²) in [6.45, 7) is 6.95. The maximum atomic E-state index is 12.5. The molecule has 1 aromatic rings. The minimum Gasteiger partial charge on any atom is -0.335 e. The lowest BCUT2D eigenvalue weighted by Gasteiger charge is -2.33. The first-order valence-corrected chi connectivity index (χ1v) is 12.6. The van der Waals surface area contributed by atoms with Gasteiger partial charge in [0, 0.05) is 44.5 Å². The summed E-state index contributed by atoms with van der Waals surface area (Å²) >= 11 is 0. The number of carbonyl (C=O) groups is 1. The SMILES string of the molecule is CC(C)N(C)S(=O)(=O)c1ccc(NC(=O)NC2CCN(CC3CCCC3)CC2)cc1. The summed E-state index contributed by atoms with van der Waals surface area (Å²) < 4.78 is 26.4. The van der Waals surface area contributed by atoms with Crippen LogP contribution in [0.15, 0.2) is 29.2 Å². The molecule has 1 saturated carbocycles. The topological polar surface area (TPSA) is 81.8 Å². The van der Waals surface area contributed by atoms with E-state index in [0.29, 0.717) is 5.69 Å². The molecule has 168 valence electrons. The molecule has 0 atom stereocenters. The number of anilines is 1. The van der Waals surface area contributed by atoms with Crippen LogP contribution in [0.3, 0.4) is 0 Å². The molecule has 3 rings (SSSR count). The predicted octanol–water partition coefficient (Wildman–Crippen LogP) is 3.49. The number of amides is 2. The van der Waals surface area contributed by atoms with Gasteiger partial charge in [-0.05, 0) is 69.7 Å². The van der Waals surface area contributed by atoms with Crippen LogP contribution in [0.1, 0.15) is 52.4 Å². The Balaban J connectivity index is 1.45. The number of benzene rings is 1. The number of rotatable bonds is 7. The fourth-order valence-corrected chi connectivity index (χ4v) is 5.69. The Kier molecular flexibility index (Phi) is 7.76. The Bertz CT molecular complexity index is 796.